The molecule has 0 saturated heterocycles. The van der Waals surface area contributed by atoms with Crippen LogP contribution in [-0.4, -0.2) is 31.8 Å². The number of ether oxygens (including phenoxy) is 1. The molecule has 0 radical (unpaired) electrons. The molecule has 0 spiro atoms. The maximum absolute atomic E-state index is 6.53. The van der Waals surface area contributed by atoms with E-state index in [9.17, 15) is 0 Å². The highest BCUT2D eigenvalue weighted by Gasteiger charge is 2.40. The number of unbranched alkanes of at least 4 members (excludes halogenated alkanes) is 3. The minimum Gasteiger partial charge on any atom is -0.497 e. The lowest BCUT2D eigenvalue weighted by molar-refractivity contribution is 0.415. The Kier molecular flexibility index (Phi) is 10.9. The van der Waals surface area contributed by atoms with Crippen molar-refractivity contribution in [1.82, 2.24) is 0 Å². The monoisotopic (exact) mass is 446 g/mol. The molecule has 2 aromatic rings. The van der Waals surface area contributed by atoms with Gasteiger partial charge in [0.25, 0.3) is 0 Å². The zero-order valence-corrected chi connectivity index (χ0v) is 20.8. The number of hydrogen-bond donors (Lipinski definition) is 0. The third kappa shape index (κ3) is 7.10. The molecule has 2 rings (SSSR count). The third-order valence-electron chi connectivity index (χ3n) is 5.75. The van der Waals surface area contributed by atoms with Gasteiger partial charge in [-0.05, 0) is 61.7 Å². The lowest BCUT2D eigenvalue weighted by atomic mass is 10.2. The summed E-state index contributed by atoms with van der Waals surface area (Å²) in [4.78, 5) is 4.79. The van der Waals surface area contributed by atoms with Crippen molar-refractivity contribution >= 4 is 36.1 Å². The first kappa shape index (κ1) is 24.9. The Morgan fingerprint density at radius 2 is 1.43 bits per heavy atom. The first-order valence-electron chi connectivity index (χ1n) is 11.4. The molecule has 0 amide bonds. The highest BCUT2D eigenvalue weighted by molar-refractivity contribution is 7.83. The van der Waals surface area contributed by atoms with Crippen LogP contribution in [0.15, 0.2) is 47.5 Å². The second kappa shape index (κ2) is 13.1. The molecule has 0 unspecified atom stereocenters. The predicted octanol–water partition coefficient (Wildman–Crippen LogP) is 8.14. The van der Waals surface area contributed by atoms with Gasteiger partial charge >= 0.3 is 0 Å². The van der Waals surface area contributed by atoms with E-state index in [1.807, 2.05) is 36.5 Å². The van der Waals surface area contributed by atoms with Crippen molar-refractivity contribution in [3.63, 3.8) is 0 Å². The van der Waals surface area contributed by atoms with Gasteiger partial charge < -0.3 is 4.74 Å². The van der Waals surface area contributed by atoms with E-state index in [2.05, 4.69) is 32.9 Å². The summed E-state index contributed by atoms with van der Waals surface area (Å²) in [5.41, 5.74) is 2.18. The van der Waals surface area contributed by atoms with E-state index in [1.165, 1.54) is 67.9 Å². The topological polar surface area (TPSA) is 21.6 Å². The second-order valence-electron chi connectivity index (χ2n) is 8.04. The fraction of sp³-hybridized carbons (Fsp3) is 0.500. The Hall–Kier alpha value is -1.37. The molecule has 0 aromatic heterocycles. The van der Waals surface area contributed by atoms with Crippen molar-refractivity contribution in [2.45, 2.75) is 59.3 Å². The van der Waals surface area contributed by atoms with Gasteiger partial charge in [0.1, 0.15) is 11.1 Å². The average molecular weight is 447 g/mol. The molecule has 0 saturated carbocycles. The minimum absolute atomic E-state index is 0.848. The predicted molar refractivity (Wildman–Crippen MR) is 138 cm³/mol. The maximum Gasteiger partial charge on any atom is 0.119 e. The molecule has 0 aliphatic rings. The van der Waals surface area contributed by atoms with Crippen molar-refractivity contribution in [3.8, 4) is 5.75 Å². The summed E-state index contributed by atoms with van der Waals surface area (Å²) in [6.45, 7) is 6.91. The van der Waals surface area contributed by atoms with Crippen LogP contribution < -0.4 is 10.0 Å². The fourth-order valence-electron chi connectivity index (χ4n) is 3.93. The Bertz CT molecular complexity index is 766. The van der Waals surface area contributed by atoms with Crippen molar-refractivity contribution in [1.29, 1.82) is 0 Å². The highest BCUT2D eigenvalue weighted by atomic mass is 35.5. The summed E-state index contributed by atoms with van der Waals surface area (Å²) in [6, 6.07) is 14.3. The molecule has 4 heteroatoms. The van der Waals surface area contributed by atoms with Crippen molar-refractivity contribution in [2.24, 2.45) is 4.99 Å². The zero-order valence-electron chi connectivity index (χ0n) is 19.2. The summed E-state index contributed by atoms with van der Waals surface area (Å²) in [5.74, 6) is 0.852. The fourth-order valence-corrected chi connectivity index (χ4v) is 9.43. The van der Waals surface area contributed by atoms with E-state index in [-0.39, 0.29) is 0 Å². The largest absolute Gasteiger partial charge is 0.497 e. The maximum atomic E-state index is 6.53. The standard InChI is InChI=1S/C26H38ClNOP/c1-5-8-17-30(18-9-6-2,19-10-7-3)26-20-23(27)12-11-22(26)21-28-24-13-15-25(29-4)16-14-24/h11-16,20-21H,5-10,17-19H2,1-4H3/q+1. The Labute approximate surface area is 189 Å². The van der Waals surface area contributed by atoms with Crippen molar-refractivity contribution < 1.29 is 4.74 Å². The number of hydrogen-bond acceptors (Lipinski definition) is 2. The Balaban J connectivity index is 2.47. The number of halogens is 1. The molecule has 0 heterocycles. The van der Waals surface area contributed by atoms with E-state index < -0.39 is 7.26 Å². The molecule has 0 bridgehead atoms. The van der Waals surface area contributed by atoms with Gasteiger partial charge in [-0.15, -0.1) is 0 Å². The minimum atomic E-state index is -1.29. The first-order chi connectivity index (χ1) is 14.6. The molecule has 0 atom stereocenters. The van der Waals surface area contributed by atoms with Crippen molar-refractivity contribution in [3.05, 3.63) is 53.1 Å². The Morgan fingerprint density at radius 3 is 1.93 bits per heavy atom. The van der Waals surface area contributed by atoms with E-state index in [4.69, 9.17) is 21.3 Å². The van der Waals surface area contributed by atoms with Gasteiger partial charge in [-0.3, -0.25) is 4.99 Å². The van der Waals surface area contributed by atoms with Gasteiger partial charge in [0.15, 0.2) is 0 Å². The van der Waals surface area contributed by atoms with Gasteiger partial charge in [-0.25, -0.2) is 0 Å². The summed E-state index contributed by atoms with van der Waals surface area (Å²) < 4.78 is 5.26. The van der Waals surface area contributed by atoms with Crippen LogP contribution in [0.4, 0.5) is 5.69 Å². The molecule has 2 nitrogen and oxygen atoms in total. The summed E-state index contributed by atoms with van der Waals surface area (Å²) in [6.07, 6.45) is 13.6. The van der Waals surface area contributed by atoms with Crippen LogP contribution in [0.3, 0.4) is 0 Å². The Morgan fingerprint density at radius 1 is 0.867 bits per heavy atom. The van der Waals surface area contributed by atoms with Crippen LogP contribution >= 0.6 is 18.9 Å². The molecule has 0 aliphatic heterocycles. The molecular weight excluding hydrogens is 409 g/mol. The summed E-state index contributed by atoms with van der Waals surface area (Å²) in [7, 11) is 0.393. The number of aliphatic imine (C=N–C) groups is 1. The number of benzene rings is 2. The SMILES string of the molecule is CCCC[P+](CCCC)(CCCC)c1cc(Cl)ccc1C=Nc1ccc(OC)cc1. The van der Waals surface area contributed by atoms with Crippen LogP contribution in [0, 0.1) is 0 Å². The van der Waals surface area contributed by atoms with Crippen LogP contribution in [0.2, 0.25) is 5.02 Å². The van der Waals surface area contributed by atoms with E-state index in [0.29, 0.717) is 0 Å². The number of methoxy groups -OCH3 is 1. The second-order valence-corrected chi connectivity index (χ2v) is 12.6. The van der Waals surface area contributed by atoms with Crippen LogP contribution in [-0.2, 0) is 0 Å². The van der Waals surface area contributed by atoms with Gasteiger partial charge in [-0.2, -0.15) is 0 Å². The molecule has 0 N–H and O–H groups in total. The number of nitrogens with zero attached hydrogens (tertiary/aromatic N) is 1. The molecule has 2 aromatic carbocycles. The average Bonchev–Trinajstić information content (AvgIpc) is 2.78. The summed E-state index contributed by atoms with van der Waals surface area (Å²) in [5, 5.41) is 2.34. The van der Waals surface area contributed by atoms with Gasteiger partial charge in [-0.1, -0.05) is 51.6 Å². The third-order valence-corrected chi connectivity index (χ3v) is 10.9. The molecule has 30 heavy (non-hydrogen) atoms. The highest BCUT2D eigenvalue weighted by Crippen LogP contribution is 2.60. The molecule has 0 aliphatic carbocycles. The normalized spacial score (nSPS) is 11.9. The lowest BCUT2D eigenvalue weighted by Crippen LogP contribution is -2.24. The van der Waals surface area contributed by atoms with Gasteiger partial charge in [0.2, 0.25) is 0 Å². The smallest absolute Gasteiger partial charge is 0.119 e. The van der Waals surface area contributed by atoms with Crippen LogP contribution in [0.5, 0.6) is 5.75 Å². The summed E-state index contributed by atoms with van der Waals surface area (Å²) >= 11 is 6.53. The zero-order chi connectivity index (χ0) is 21.8. The van der Waals surface area contributed by atoms with E-state index in [1.54, 1.807) is 7.11 Å². The first-order valence-corrected chi connectivity index (χ1v) is 14.1. The van der Waals surface area contributed by atoms with Crippen molar-refractivity contribution in [2.75, 3.05) is 25.6 Å². The molecular formula is C26H38ClNOP+. The van der Waals surface area contributed by atoms with Crippen LogP contribution in [0.1, 0.15) is 64.9 Å². The number of rotatable bonds is 13. The van der Waals surface area contributed by atoms with E-state index >= 15 is 0 Å². The lowest BCUT2D eigenvalue weighted by Gasteiger charge is -2.29. The van der Waals surface area contributed by atoms with Crippen LogP contribution in [0.25, 0.3) is 0 Å². The van der Waals surface area contributed by atoms with E-state index in [0.717, 1.165) is 16.5 Å². The van der Waals surface area contributed by atoms with Gasteiger partial charge in [0, 0.05) is 24.1 Å². The quantitative estimate of drug-likeness (QED) is 0.224. The molecule has 0 fully saturated rings. The molecule has 164 valence electrons. The van der Waals surface area contributed by atoms with Gasteiger partial charge in [0.05, 0.1) is 31.3 Å².